The monoisotopic (exact) mass is 421 g/mol. The van der Waals surface area contributed by atoms with Crippen molar-refractivity contribution in [2.45, 2.75) is 6.61 Å². The average molecular weight is 422 g/mol. The highest BCUT2D eigenvalue weighted by atomic mass is 127. The third kappa shape index (κ3) is 3.35. The molecule has 0 radical (unpaired) electrons. The van der Waals surface area contributed by atoms with Crippen LogP contribution in [0, 0.1) is 9.39 Å². The molecule has 0 saturated carbocycles. The van der Waals surface area contributed by atoms with Crippen LogP contribution in [0.15, 0.2) is 40.9 Å². The molecule has 5 heteroatoms. The normalized spacial score (nSPS) is 10.4. The van der Waals surface area contributed by atoms with Crippen molar-refractivity contribution >= 4 is 44.2 Å². The number of anilines is 1. The van der Waals surface area contributed by atoms with Gasteiger partial charge in [0.2, 0.25) is 0 Å². The number of halogens is 3. The van der Waals surface area contributed by atoms with Crippen molar-refractivity contribution in [1.82, 2.24) is 0 Å². The van der Waals surface area contributed by atoms with E-state index in [4.69, 9.17) is 10.5 Å². The Kier molecular flexibility index (Phi) is 4.45. The van der Waals surface area contributed by atoms with Crippen molar-refractivity contribution in [3.05, 3.63) is 55.8 Å². The Balaban J connectivity index is 2.13. The lowest BCUT2D eigenvalue weighted by molar-refractivity contribution is 0.305. The number of nitrogen functional groups attached to an aromatic ring is 1. The van der Waals surface area contributed by atoms with Crippen molar-refractivity contribution < 1.29 is 9.13 Å². The van der Waals surface area contributed by atoms with E-state index in [-0.39, 0.29) is 11.5 Å². The first-order chi connectivity index (χ1) is 8.56. The third-order valence-corrected chi connectivity index (χ3v) is 3.64. The average Bonchev–Trinajstić information content (AvgIpc) is 2.30. The summed E-state index contributed by atoms with van der Waals surface area (Å²) in [5.74, 6) is 0.0796. The van der Waals surface area contributed by atoms with Gasteiger partial charge in [-0.1, -0.05) is 12.1 Å². The molecule has 0 heterocycles. The van der Waals surface area contributed by atoms with Gasteiger partial charge in [0.15, 0.2) is 5.75 Å². The zero-order valence-corrected chi connectivity index (χ0v) is 13.0. The minimum Gasteiger partial charge on any atom is -0.486 e. The molecule has 94 valence electrons. The van der Waals surface area contributed by atoms with Crippen LogP contribution in [0.5, 0.6) is 5.75 Å². The largest absolute Gasteiger partial charge is 0.486 e. The standard InChI is InChI=1S/C13H10BrFINO/c14-11-5-9(15)6-12(17)13(11)18-7-8-1-3-10(16)4-2-8/h1-6H,7,17H2. The van der Waals surface area contributed by atoms with Gasteiger partial charge in [0.25, 0.3) is 0 Å². The quantitative estimate of drug-likeness (QED) is 0.590. The van der Waals surface area contributed by atoms with Crippen LogP contribution in [0.4, 0.5) is 10.1 Å². The molecule has 0 aromatic heterocycles. The van der Waals surface area contributed by atoms with Crippen molar-refractivity contribution in [2.24, 2.45) is 0 Å². The first kappa shape index (κ1) is 13.6. The number of nitrogens with two attached hydrogens (primary N) is 1. The van der Waals surface area contributed by atoms with Crippen LogP contribution >= 0.6 is 38.5 Å². The Labute approximate surface area is 127 Å². The van der Waals surface area contributed by atoms with Crippen LogP contribution in [0.25, 0.3) is 0 Å². The Morgan fingerprint density at radius 1 is 1.22 bits per heavy atom. The molecule has 0 amide bonds. The van der Waals surface area contributed by atoms with Crippen molar-refractivity contribution in [1.29, 1.82) is 0 Å². The maximum atomic E-state index is 13.0. The van der Waals surface area contributed by atoms with Crippen LogP contribution in [0.2, 0.25) is 0 Å². The second-order valence-electron chi connectivity index (χ2n) is 3.72. The van der Waals surface area contributed by atoms with E-state index in [0.29, 0.717) is 16.8 Å². The van der Waals surface area contributed by atoms with E-state index in [2.05, 4.69) is 38.5 Å². The molecule has 0 unspecified atom stereocenters. The SMILES string of the molecule is Nc1cc(F)cc(Br)c1OCc1ccc(I)cc1. The van der Waals surface area contributed by atoms with E-state index in [9.17, 15) is 4.39 Å². The van der Waals surface area contributed by atoms with E-state index < -0.39 is 0 Å². The number of ether oxygens (including phenoxy) is 1. The highest BCUT2D eigenvalue weighted by molar-refractivity contribution is 14.1. The Bertz CT molecular complexity index is 536. The van der Waals surface area contributed by atoms with Crippen molar-refractivity contribution in [3.63, 3.8) is 0 Å². The molecule has 0 aliphatic heterocycles. The van der Waals surface area contributed by atoms with Crippen LogP contribution < -0.4 is 10.5 Å². The zero-order chi connectivity index (χ0) is 13.1. The summed E-state index contributed by atoms with van der Waals surface area (Å²) in [5, 5.41) is 0. The molecule has 0 atom stereocenters. The topological polar surface area (TPSA) is 35.2 Å². The van der Waals surface area contributed by atoms with E-state index in [0.717, 1.165) is 5.56 Å². The molecule has 0 aliphatic carbocycles. The predicted molar refractivity (Wildman–Crippen MR) is 82.0 cm³/mol. The van der Waals surface area contributed by atoms with Crippen LogP contribution in [0.3, 0.4) is 0 Å². The smallest absolute Gasteiger partial charge is 0.157 e. The summed E-state index contributed by atoms with van der Waals surface area (Å²) in [6.45, 7) is 0.394. The minimum atomic E-state index is -0.388. The molecule has 0 spiro atoms. The first-order valence-corrected chi connectivity index (χ1v) is 7.05. The highest BCUT2D eigenvalue weighted by Crippen LogP contribution is 2.32. The molecular formula is C13H10BrFINO. The van der Waals surface area contributed by atoms with Gasteiger partial charge in [0.1, 0.15) is 12.4 Å². The lowest BCUT2D eigenvalue weighted by Crippen LogP contribution is -2.00. The van der Waals surface area contributed by atoms with E-state index in [1.165, 1.54) is 15.7 Å². The summed E-state index contributed by atoms with van der Waals surface area (Å²) in [5.41, 5.74) is 7.03. The summed E-state index contributed by atoms with van der Waals surface area (Å²) >= 11 is 5.48. The van der Waals surface area contributed by atoms with Crippen LogP contribution in [0.1, 0.15) is 5.56 Å². The lowest BCUT2D eigenvalue weighted by atomic mass is 10.2. The molecule has 0 fully saturated rings. The molecule has 2 aromatic rings. The maximum absolute atomic E-state index is 13.0. The molecule has 2 N–H and O–H groups in total. The van der Waals surface area contributed by atoms with Crippen LogP contribution in [-0.2, 0) is 6.61 Å². The second kappa shape index (κ2) is 5.88. The van der Waals surface area contributed by atoms with E-state index in [1.807, 2.05) is 24.3 Å². The maximum Gasteiger partial charge on any atom is 0.157 e. The van der Waals surface area contributed by atoms with Gasteiger partial charge < -0.3 is 10.5 Å². The van der Waals surface area contributed by atoms with Gasteiger partial charge in [0, 0.05) is 9.64 Å². The fraction of sp³-hybridized carbons (Fsp3) is 0.0769. The van der Waals surface area contributed by atoms with Crippen LogP contribution in [-0.4, -0.2) is 0 Å². The summed E-state index contributed by atoms with van der Waals surface area (Å²) in [6.07, 6.45) is 0. The van der Waals surface area contributed by atoms with Gasteiger partial charge in [-0.15, -0.1) is 0 Å². The fourth-order valence-electron chi connectivity index (χ4n) is 1.47. The molecule has 2 rings (SSSR count). The minimum absolute atomic E-state index is 0.285. The fourth-order valence-corrected chi connectivity index (χ4v) is 2.39. The van der Waals surface area contributed by atoms with Gasteiger partial charge in [-0.25, -0.2) is 4.39 Å². The molecule has 2 nitrogen and oxygen atoms in total. The zero-order valence-electron chi connectivity index (χ0n) is 9.29. The summed E-state index contributed by atoms with van der Waals surface area (Å²) in [7, 11) is 0. The second-order valence-corrected chi connectivity index (χ2v) is 5.82. The van der Waals surface area contributed by atoms with Crippen molar-refractivity contribution in [2.75, 3.05) is 5.73 Å². The molecule has 0 bridgehead atoms. The Morgan fingerprint density at radius 2 is 1.89 bits per heavy atom. The number of rotatable bonds is 3. The van der Waals surface area contributed by atoms with Gasteiger partial charge in [-0.2, -0.15) is 0 Å². The number of hydrogen-bond acceptors (Lipinski definition) is 2. The summed E-state index contributed by atoms with van der Waals surface area (Å²) in [4.78, 5) is 0. The molecular weight excluding hydrogens is 412 g/mol. The van der Waals surface area contributed by atoms with Gasteiger partial charge in [-0.3, -0.25) is 0 Å². The van der Waals surface area contributed by atoms with Gasteiger partial charge in [0.05, 0.1) is 10.2 Å². The van der Waals surface area contributed by atoms with E-state index >= 15 is 0 Å². The Hall–Kier alpha value is -0.820. The molecule has 0 aliphatic rings. The first-order valence-electron chi connectivity index (χ1n) is 5.18. The van der Waals surface area contributed by atoms with E-state index in [1.54, 1.807) is 0 Å². The summed E-state index contributed by atoms with van der Waals surface area (Å²) in [6, 6.07) is 10.5. The molecule has 0 saturated heterocycles. The molecule has 18 heavy (non-hydrogen) atoms. The lowest BCUT2D eigenvalue weighted by Gasteiger charge is -2.11. The number of hydrogen-bond donors (Lipinski definition) is 1. The third-order valence-electron chi connectivity index (χ3n) is 2.33. The Morgan fingerprint density at radius 3 is 2.50 bits per heavy atom. The summed E-state index contributed by atoms with van der Waals surface area (Å²) < 4.78 is 20.3. The van der Waals surface area contributed by atoms with Crippen molar-refractivity contribution in [3.8, 4) is 5.75 Å². The van der Waals surface area contributed by atoms with Gasteiger partial charge >= 0.3 is 0 Å². The van der Waals surface area contributed by atoms with Gasteiger partial charge in [-0.05, 0) is 62.3 Å². The number of benzene rings is 2. The molecule has 2 aromatic carbocycles. The predicted octanol–water partition coefficient (Wildman–Crippen LogP) is 4.35. The highest BCUT2D eigenvalue weighted by Gasteiger charge is 2.08.